The van der Waals surface area contributed by atoms with Gasteiger partial charge in [0.15, 0.2) is 0 Å². The Morgan fingerprint density at radius 3 is 2.86 bits per heavy atom. The summed E-state index contributed by atoms with van der Waals surface area (Å²) in [5.74, 6) is 1.79. The van der Waals surface area contributed by atoms with E-state index in [9.17, 15) is 0 Å². The Morgan fingerprint density at radius 1 is 1.43 bits per heavy atom. The maximum Gasteiger partial charge on any atom is 0.121 e. The molecule has 2 nitrogen and oxygen atoms in total. The van der Waals surface area contributed by atoms with E-state index in [0.717, 1.165) is 17.9 Å². The van der Waals surface area contributed by atoms with Crippen molar-refractivity contribution in [1.29, 1.82) is 0 Å². The predicted octanol–water partition coefficient (Wildman–Crippen LogP) is 2.89. The normalized spacial score (nSPS) is 13.0. The molecule has 0 amide bonds. The van der Waals surface area contributed by atoms with E-state index in [1.165, 1.54) is 5.56 Å². The van der Waals surface area contributed by atoms with Crippen molar-refractivity contribution in [2.45, 2.75) is 19.4 Å². The summed E-state index contributed by atoms with van der Waals surface area (Å²) >= 11 is 1.70. The highest BCUT2D eigenvalue weighted by molar-refractivity contribution is 7.07. The number of hydrogen-bond donors (Lipinski definition) is 1. The van der Waals surface area contributed by atoms with Crippen molar-refractivity contribution in [1.82, 2.24) is 0 Å². The zero-order valence-electron chi connectivity index (χ0n) is 8.07. The molecule has 3 heteroatoms. The Kier molecular flexibility index (Phi) is 2.70. The molecule has 1 unspecified atom stereocenters. The first-order valence-electron chi connectivity index (χ1n) is 4.58. The van der Waals surface area contributed by atoms with E-state index in [0.29, 0.717) is 0 Å². The largest absolute Gasteiger partial charge is 0.465 e. The molecular weight excluding hydrogens is 194 g/mol. The van der Waals surface area contributed by atoms with Gasteiger partial charge in [-0.15, -0.1) is 0 Å². The fourth-order valence-electron chi connectivity index (χ4n) is 1.42. The second kappa shape index (κ2) is 3.98. The van der Waals surface area contributed by atoms with Crippen molar-refractivity contribution in [2.75, 3.05) is 0 Å². The van der Waals surface area contributed by atoms with Gasteiger partial charge in [-0.1, -0.05) is 0 Å². The Bertz CT molecular complexity index is 391. The Hall–Kier alpha value is -1.06. The van der Waals surface area contributed by atoms with Crippen molar-refractivity contribution in [2.24, 2.45) is 5.73 Å². The molecule has 0 saturated carbocycles. The van der Waals surface area contributed by atoms with Crippen LogP contribution in [0.4, 0.5) is 0 Å². The Balaban J connectivity index is 2.06. The summed E-state index contributed by atoms with van der Waals surface area (Å²) in [6.07, 6.45) is 0.844. The molecule has 14 heavy (non-hydrogen) atoms. The molecule has 2 N–H and O–H groups in total. The van der Waals surface area contributed by atoms with Gasteiger partial charge in [-0.3, -0.25) is 0 Å². The van der Waals surface area contributed by atoms with E-state index in [2.05, 4.69) is 16.8 Å². The molecule has 0 aliphatic heterocycles. The van der Waals surface area contributed by atoms with Crippen LogP contribution < -0.4 is 5.73 Å². The van der Waals surface area contributed by atoms with Crippen LogP contribution in [0, 0.1) is 6.92 Å². The molecule has 2 aromatic rings. The van der Waals surface area contributed by atoms with E-state index >= 15 is 0 Å². The third-order valence-electron chi connectivity index (χ3n) is 2.16. The lowest BCUT2D eigenvalue weighted by molar-refractivity contribution is 0.445. The smallest absolute Gasteiger partial charge is 0.121 e. The van der Waals surface area contributed by atoms with Crippen LogP contribution in [0.5, 0.6) is 0 Å². The molecule has 2 heterocycles. The van der Waals surface area contributed by atoms with E-state index < -0.39 is 0 Å². The number of hydrogen-bond acceptors (Lipinski definition) is 3. The quantitative estimate of drug-likeness (QED) is 0.840. The second-order valence-electron chi connectivity index (χ2n) is 3.39. The van der Waals surface area contributed by atoms with E-state index in [-0.39, 0.29) is 6.04 Å². The van der Waals surface area contributed by atoms with Gasteiger partial charge in [-0.05, 0) is 47.9 Å². The molecule has 0 saturated heterocycles. The monoisotopic (exact) mass is 207 g/mol. The average Bonchev–Trinajstić information content (AvgIpc) is 2.75. The van der Waals surface area contributed by atoms with Crippen LogP contribution in [0.25, 0.3) is 0 Å². The van der Waals surface area contributed by atoms with E-state index in [4.69, 9.17) is 10.2 Å². The van der Waals surface area contributed by atoms with E-state index in [1.54, 1.807) is 11.3 Å². The minimum Gasteiger partial charge on any atom is -0.465 e. The number of thiophene rings is 1. The summed E-state index contributed by atoms with van der Waals surface area (Å²) < 4.78 is 5.47. The van der Waals surface area contributed by atoms with E-state index in [1.807, 2.05) is 19.1 Å². The molecule has 0 aromatic carbocycles. The molecule has 0 aliphatic carbocycles. The van der Waals surface area contributed by atoms with Gasteiger partial charge in [0.05, 0.1) is 6.04 Å². The SMILES string of the molecule is Cc1ccc(C(N)Cc2ccsc2)o1. The first kappa shape index (κ1) is 9.49. The Labute approximate surface area is 87.4 Å². The molecule has 0 radical (unpaired) electrons. The standard InChI is InChI=1S/C11H13NOS/c1-8-2-3-11(13-8)10(12)6-9-4-5-14-7-9/h2-5,7,10H,6,12H2,1H3. The second-order valence-corrected chi connectivity index (χ2v) is 4.17. The van der Waals surface area contributed by atoms with Gasteiger partial charge in [0.25, 0.3) is 0 Å². The number of furan rings is 1. The summed E-state index contributed by atoms with van der Waals surface area (Å²) in [4.78, 5) is 0. The lowest BCUT2D eigenvalue weighted by atomic mass is 10.1. The molecule has 0 spiro atoms. The average molecular weight is 207 g/mol. The fourth-order valence-corrected chi connectivity index (χ4v) is 2.10. The maximum atomic E-state index is 6.01. The summed E-state index contributed by atoms with van der Waals surface area (Å²) in [7, 11) is 0. The summed E-state index contributed by atoms with van der Waals surface area (Å²) in [5.41, 5.74) is 7.29. The minimum atomic E-state index is -0.0294. The third kappa shape index (κ3) is 2.05. The van der Waals surface area contributed by atoms with Crippen molar-refractivity contribution in [3.8, 4) is 0 Å². The molecule has 74 valence electrons. The van der Waals surface area contributed by atoms with Crippen LogP contribution in [-0.4, -0.2) is 0 Å². The molecular formula is C11H13NOS. The van der Waals surface area contributed by atoms with Crippen LogP contribution in [0.3, 0.4) is 0 Å². The van der Waals surface area contributed by atoms with Gasteiger partial charge in [-0.2, -0.15) is 11.3 Å². The van der Waals surface area contributed by atoms with Crippen molar-refractivity contribution in [3.63, 3.8) is 0 Å². The van der Waals surface area contributed by atoms with Gasteiger partial charge in [-0.25, -0.2) is 0 Å². The van der Waals surface area contributed by atoms with Crippen molar-refractivity contribution in [3.05, 3.63) is 46.0 Å². The Morgan fingerprint density at radius 2 is 2.29 bits per heavy atom. The predicted molar refractivity (Wildman–Crippen MR) is 58.4 cm³/mol. The molecule has 0 bridgehead atoms. The first-order chi connectivity index (χ1) is 6.75. The third-order valence-corrected chi connectivity index (χ3v) is 2.89. The number of aryl methyl sites for hydroxylation is 1. The fraction of sp³-hybridized carbons (Fsp3) is 0.273. The van der Waals surface area contributed by atoms with Crippen LogP contribution in [0.15, 0.2) is 33.4 Å². The molecule has 1 atom stereocenters. The van der Waals surface area contributed by atoms with Gasteiger partial charge in [0.2, 0.25) is 0 Å². The van der Waals surface area contributed by atoms with Gasteiger partial charge in [0, 0.05) is 0 Å². The number of nitrogens with two attached hydrogens (primary N) is 1. The molecule has 0 fully saturated rings. The van der Waals surface area contributed by atoms with Crippen LogP contribution in [-0.2, 0) is 6.42 Å². The lowest BCUT2D eigenvalue weighted by Crippen LogP contribution is -2.11. The van der Waals surface area contributed by atoms with Gasteiger partial charge >= 0.3 is 0 Å². The van der Waals surface area contributed by atoms with Crippen LogP contribution >= 0.6 is 11.3 Å². The highest BCUT2D eigenvalue weighted by atomic mass is 32.1. The molecule has 2 aromatic heterocycles. The van der Waals surface area contributed by atoms with Crippen LogP contribution in [0.2, 0.25) is 0 Å². The van der Waals surface area contributed by atoms with Crippen LogP contribution in [0.1, 0.15) is 23.1 Å². The van der Waals surface area contributed by atoms with Crippen molar-refractivity contribution >= 4 is 11.3 Å². The first-order valence-corrected chi connectivity index (χ1v) is 5.53. The maximum absolute atomic E-state index is 6.01. The zero-order chi connectivity index (χ0) is 9.97. The highest BCUT2D eigenvalue weighted by Crippen LogP contribution is 2.19. The molecule has 2 rings (SSSR count). The van der Waals surface area contributed by atoms with Crippen molar-refractivity contribution < 1.29 is 4.42 Å². The summed E-state index contributed by atoms with van der Waals surface area (Å²) in [5, 5.41) is 4.19. The van der Waals surface area contributed by atoms with Gasteiger partial charge in [0.1, 0.15) is 11.5 Å². The highest BCUT2D eigenvalue weighted by Gasteiger charge is 2.10. The minimum absolute atomic E-state index is 0.0294. The lowest BCUT2D eigenvalue weighted by Gasteiger charge is -2.06. The zero-order valence-corrected chi connectivity index (χ0v) is 8.88. The molecule has 0 aliphatic rings. The topological polar surface area (TPSA) is 39.2 Å². The number of rotatable bonds is 3. The summed E-state index contributed by atoms with van der Waals surface area (Å²) in [6, 6.07) is 5.97. The van der Waals surface area contributed by atoms with Gasteiger partial charge < -0.3 is 10.2 Å². The summed E-state index contributed by atoms with van der Waals surface area (Å²) in [6.45, 7) is 1.93.